The zero-order valence-electron chi connectivity index (χ0n) is 31.2. The highest BCUT2D eigenvalue weighted by molar-refractivity contribution is 7.47. The standard InChI is InChI=1S/C38H73O10P/c1-3-5-7-9-11-13-15-16-17-18-20-21-23-25-27-29-37(41)45-33-36(34-47-49(43,44)46-32-35(40)31-39)48-38(42)30-28-26-24-22-19-14-12-10-8-6-4-2/h10,12,35-36,39-40H,3-9,11,13-34H2,1-2H3,(H,43,44)/b12-10-. The number of phosphoric ester groups is 1. The Labute approximate surface area is 298 Å². The second kappa shape index (κ2) is 35.1. The van der Waals surface area contributed by atoms with Gasteiger partial charge in [-0.1, -0.05) is 148 Å². The van der Waals surface area contributed by atoms with Crippen LogP contribution in [0.25, 0.3) is 0 Å². The van der Waals surface area contributed by atoms with Crippen molar-refractivity contribution in [2.75, 3.05) is 26.4 Å². The minimum absolute atomic E-state index is 0.177. The van der Waals surface area contributed by atoms with Gasteiger partial charge in [0.15, 0.2) is 6.10 Å². The average molecular weight is 721 g/mol. The highest BCUT2D eigenvalue weighted by atomic mass is 31.2. The first kappa shape index (κ1) is 47.7. The Bertz CT molecular complexity index is 837. The van der Waals surface area contributed by atoms with Gasteiger partial charge in [0.25, 0.3) is 0 Å². The van der Waals surface area contributed by atoms with Gasteiger partial charge < -0.3 is 24.6 Å². The monoisotopic (exact) mass is 720 g/mol. The summed E-state index contributed by atoms with van der Waals surface area (Å²) in [4.78, 5) is 34.8. The minimum atomic E-state index is -4.61. The maximum absolute atomic E-state index is 12.5. The third-order valence-corrected chi connectivity index (χ3v) is 9.37. The molecule has 0 aromatic carbocycles. The average Bonchev–Trinajstić information content (AvgIpc) is 3.09. The summed E-state index contributed by atoms with van der Waals surface area (Å²) in [5.74, 6) is -0.930. The number of esters is 2. The van der Waals surface area contributed by atoms with Crippen LogP contribution in [0.5, 0.6) is 0 Å². The molecule has 0 bridgehead atoms. The molecule has 0 rings (SSSR count). The van der Waals surface area contributed by atoms with Crippen LogP contribution in [0.2, 0.25) is 0 Å². The predicted molar refractivity (Wildman–Crippen MR) is 196 cm³/mol. The Kier molecular flexibility index (Phi) is 34.2. The van der Waals surface area contributed by atoms with E-state index in [4.69, 9.17) is 19.1 Å². The number of carbonyl (C=O) groups excluding carboxylic acids is 2. The molecule has 3 atom stereocenters. The number of rotatable bonds is 37. The molecule has 0 heterocycles. The summed E-state index contributed by atoms with van der Waals surface area (Å²) in [5, 5.41) is 18.3. The summed E-state index contributed by atoms with van der Waals surface area (Å²) in [6.07, 6.45) is 30.4. The zero-order valence-corrected chi connectivity index (χ0v) is 32.1. The van der Waals surface area contributed by atoms with Crippen LogP contribution in [0.3, 0.4) is 0 Å². The fourth-order valence-corrected chi connectivity index (χ4v) is 6.12. The number of aliphatic hydroxyl groups excluding tert-OH is 2. The molecular weight excluding hydrogens is 647 g/mol. The third-order valence-electron chi connectivity index (χ3n) is 8.42. The second-order valence-corrected chi connectivity index (χ2v) is 14.8. The smallest absolute Gasteiger partial charge is 0.462 e. The van der Waals surface area contributed by atoms with Crippen LogP contribution in [-0.4, -0.2) is 65.7 Å². The van der Waals surface area contributed by atoms with Gasteiger partial charge in [0, 0.05) is 12.8 Å². The molecule has 0 saturated heterocycles. The molecule has 10 nitrogen and oxygen atoms in total. The van der Waals surface area contributed by atoms with Crippen molar-refractivity contribution < 1.29 is 47.8 Å². The van der Waals surface area contributed by atoms with Crippen molar-refractivity contribution in [1.29, 1.82) is 0 Å². The number of allylic oxidation sites excluding steroid dienone is 2. The fourth-order valence-electron chi connectivity index (χ4n) is 5.33. The maximum Gasteiger partial charge on any atom is 0.472 e. The lowest BCUT2D eigenvalue weighted by Crippen LogP contribution is -2.29. The van der Waals surface area contributed by atoms with E-state index in [2.05, 4.69) is 30.5 Å². The molecule has 0 saturated carbocycles. The van der Waals surface area contributed by atoms with E-state index in [1.165, 1.54) is 83.5 Å². The highest BCUT2D eigenvalue weighted by Crippen LogP contribution is 2.43. The van der Waals surface area contributed by atoms with E-state index in [0.717, 1.165) is 57.8 Å². The molecule has 0 spiro atoms. The summed E-state index contributed by atoms with van der Waals surface area (Å²) in [6, 6.07) is 0. The van der Waals surface area contributed by atoms with Crippen LogP contribution in [0.4, 0.5) is 0 Å². The van der Waals surface area contributed by atoms with Gasteiger partial charge in [-0.15, -0.1) is 0 Å². The molecule has 0 aliphatic carbocycles. The van der Waals surface area contributed by atoms with Crippen molar-refractivity contribution in [2.24, 2.45) is 0 Å². The quantitative estimate of drug-likeness (QED) is 0.0245. The SMILES string of the molecule is CCCC/C=C\CCCCCCCC(=O)OC(COC(=O)CCCCCCCCCCCCCCCCC)COP(=O)(O)OCC(O)CO. The first-order chi connectivity index (χ1) is 23.7. The molecular formula is C38H73O10P. The van der Waals surface area contributed by atoms with Crippen LogP contribution >= 0.6 is 7.82 Å². The Morgan fingerprint density at radius 3 is 1.53 bits per heavy atom. The number of ether oxygens (including phenoxy) is 2. The molecule has 0 radical (unpaired) electrons. The van der Waals surface area contributed by atoms with Crippen molar-refractivity contribution in [2.45, 2.75) is 193 Å². The molecule has 0 aromatic heterocycles. The van der Waals surface area contributed by atoms with Gasteiger partial charge >= 0.3 is 19.8 Å². The molecule has 49 heavy (non-hydrogen) atoms. The molecule has 0 aliphatic rings. The Morgan fingerprint density at radius 1 is 0.592 bits per heavy atom. The molecule has 0 amide bonds. The number of hydrogen-bond donors (Lipinski definition) is 3. The van der Waals surface area contributed by atoms with E-state index in [0.29, 0.717) is 12.8 Å². The van der Waals surface area contributed by atoms with Crippen molar-refractivity contribution in [1.82, 2.24) is 0 Å². The van der Waals surface area contributed by atoms with Crippen molar-refractivity contribution >= 4 is 19.8 Å². The molecule has 0 fully saturated rings. The first-order valence-corrected chi connectivity index (χ1v) is 21.1. The van der Waals surface area contributed by atoms with Gasteiger partial charge in [-0.3, -0.25) is 18.6 Å². The van der Waals surface area contributed by atoms with Crippen molar-refractivity contribution in [3.05, 3.63) is 12.2 Å². The normalized spacial score (nSPS) is 14.1. The van der Waals surface area contributed by atoms with Gasteiger partial charge in [-0.2, -0.15) is 0 Å². The highest BCUT2D eigenvalue weighted by Gasteiger charge is 2.27. The Hall–Kier alpha value is -1.29. The van der Waals surface area contributed by atoms with Crippen LogP contribution in [0, 0.1) is 0 Å². The summed E-state index contributed by atoms with van der Waals surface area (Å²) in [6.45, 7) is 2.33. The fraction of sp³-hybridized carbons (Fsp3) is 0.895. The molecule has 3 unspecified atom stereocenters. The molecule has 3 N–H and O–H groups in total. The predicted octanol–water partition coefficient (Wildman–Crippen LogP) is 9.67. The van der Waals surface area contributed by atoms with E-state index in [9.17, 15) is 24.2 Å². The van der Waals surface area contributed by atoms with Crippen LogP contribution in [-0.2, 0) is 32.7 Å². The van der Waals surface area contributed by atoms with Crippen LogP contribution < -0.4 is 0 Å². The summed E-state index contributed by atoms with van der Waals surface area (Å²) < 4.78 is 32.6. The molecule has 11 heteroatoms. The Morgan fingerprint density at radius 2 is 1.02 bits per heavy atom. The van der Waals surface area contributed by atoms with E-state index >= 15 is 0 Å². The molecule has 0 aromatic rings. The summed E-state index contributed by atoms with van der Waals surface area (Å²) in [5.41, 5.74) is 0. The van der Waals surface area contributed by atoms with Crippen LogP contribution in [0.15, 0.2) is 12.2 Å². The van der Waals surface area contributed by atoms with Crippen LogP contribution in [0.1, 0.15) is 181 Å². The third kappa shape index (κ3) is 34.9. The summed E-state index contributed by atoms with van der Waals surface area (Å²) >= 11 is 0. The van der Waals surface area contributed by atoms with Gasteiger partial charge in [-0.25, -0.2) is 4.57 Å². The van der Waals surface area contributed by atoms with E-state index in [1.54, 1.807) is 0 Å². The van der Waals surface area contributed by atoms with E-state index in [-0.39, 0.29) is 19.4 Å². The second-order valence-electron chi connectivity index (χ2n) is 13.3. The zero-order chi connectivity index (χ0) is 36.3. The lowest BCUT2D eigenvalue weighted by atomic mass is 10.0. The molecule has 0 aliphatic heterocycles. The number of aliphatic hydroxyl groups is 2. The lowest BCUT2D eigenvalue weighted by molar-refractivity contribution is -0.161. The largest absolute Gasteiger partial charge is 0.472 e. The van der Waals surface area contributed by atoms with Crippen molar-refractivity contribution in [3.63, 3.8) is 0 Å². The first-order valence-electron chi connectivity index (χ1n) is 19.6. The number of carbonyl (C=O) groups is 2. The maximum atomic E-state index is 12.5. The van der Waals surface area contributed by atoms with E-state index in [1.807, 2.05) is 0 Å². The van der Waals surface area contributed by atoms with Crippen molar-refractivity contribution in [3.8, 4) is 0 Å². The van der Waals surface area contributed by atoms with Gasteiger partial charge in [0.05, 0.1) is 19.8 Å². The van der Waals surface area contributed by atoms with E-state index < -0.39 is 51.8 Å². The minimum Gasteiger partial charge on any atom is -0.462 e. The Balaban J connectivity index is 4.31. The number of hydrogen-bond acceptors (Lipinski definition) is 9. The van der Waals surface area contributed by atoms with Gasteiger partial charge in [0.2, 0.25) is 0 Å². The lowest BCUT2D eigenvalue weighted by Gasteiger charge is -2.20. The topological polar surface area (TPSA) is 149 Å². The summed E-state index contributed by atoms with van der Waals surface area (Å²) in [7, 11) is -4.61. The van der Waals surface area contributed by atoms with Gasteiger partial charge in [-0.05, 0) is 32.1 Å². The molecule has 290 valence electrons. The number of phosphoric acid groups is 1. The van der Waals surface area contributed by atoms with Gasteiger partial charge in [0.1, 0.15) is 12.7 Å². The number of unbranched alkanes of at least 4 members (excludes halogenated alkanes) is 21.